The zero-order valence-corrected chi connectivity index (χ0v) is 9.92. The molecule has 14 heavy (non-hydrogen) atoms. The van der Waals surface area contributed by atoms with E-state index in [0.29, 0.717) is 0 Å². The topological polar surface area (TPSA) is 42.5 Å². The van der Waals surface area contributed by atoms with Crippen molar-refractivity contribution in [2.24, 2.45) is 0 Å². The highest BCUT2D eigenvalue weighted by Gasteiger charge is 1.93. The molecule has 0 radical (unpaired) electrons. The largest absolute Gasteiger partial charge is 0.379 e. The van der Waals surface area contributed by atoms with Crippen molar-refractivity contribution in [3.63, 3.8) is 0 Å². The van der Waals surface area contributed by atoms with Crippen LogP contribution < -0.4 is 10.6 Å². The Hall–Kier alpha value is 0.420. The molecule has 0 bridgehead atoms. The van der Waals surface area contributed by atoms with Crippen LogP contribution in [0.1, 0.15) is 0 Å². The van der Waals surface area contributed by atoms with Gasteiger partial charge in [0.2, 0.25) is 0 Å². The van der Waals surface area contributed by atoms with Crippen molar-refractivity contribution < 1.29 is 9.47 Å². The Morgan fingerprint density at radius 3 is 1.14 bits per heavy atom. The van der Waals surface area contributed by atoms with Gasteiger partial charge in [-0.25, -0.2) is 0 Å². The normalized spacial score (nSPS) is 20.6. The second-order valence-corrected chi connectivity index (χ2v) is 2.72. The van der Waals surface area contributed by atoms with Crippen LogP contribution in [0, 0.1) is 0 Å². The van der Waals surface area contributed by atoms with Gasteiger partial charge in [0.15, 0.2) is 0 Å². The van der Waals surface area contributed by atoms with Gasteiger partial charge in [-0.3, -0.25) is 0 Å². The number of rotatable bonds is 0. The second kappa shape index (κ2) is 13.4. The molecule has 1 aliphatic rings. The van der Waals surface area contributed by atoms with E-state index in [1.54, 1.807) is 0 Å². The lowest BCUT2D eigenvalue weighted by molar-refractivity contribution is 0.109. The van der Waals surface area contributed by atoms with Gasteiger partial charge in [-0.15, -0.1) is 24.8 Å². The van der Waals surface area contributed by atoms with Crippen LogP contribution in [-0.2, 0) is 9.47 Å². The molecule has 6 heteroatoms. The molecule has 0 saturated carbocycles. The highest BCUT2D eigenvalue weighted by Crippen LogP contribution is 1.77. The van der Waals surface area contributed by atoms with Gasteiger partial charge in [0.05, 0.1) is 26.4 Å². The maximum absolute atomic E-state index is 5.34. The SMILES string of the molecule is C1COCCNCCOCCN1.Cl.Cl. The van der Waals surface area contributed by atoms with E-state index in [-0.39, 0.29) is 24.8 Å². The Morgan fingerprint density at radius 1 is 0.571 bits per heavy atom. The van der Waals surface area contributed by atoms with Crippen molar-refractivity contribution in [2.45, 2.75) is 0 Å². The minimum absolute atomic E-state index is 0. The Kier molecular flexibility index (Phi) is 16.1. The first-order valence-electron chi connectivity index (χ1n) is 4.57. The van der Waals surface area contributed by atoms with Crippen LogP contribution in [0.2, 0.25) is 0 Å². The third-order valence-electron chi connectivity index (χ3n) is 1.69. The highest BCUT2D eigenvalue weighted by molar-refractivity contribution is 5.85. The molecule has 0 aromatic rings. The molecule has 0 atom stereocenters. The fourth-order valence-electron chi connectivity index (χ4n) is 1.03. The average molecular weight is 247 g/mol. The van der Waals surface area contributed by atoms with E-state index in [2.05, 4.69) is 10.6 Å². The summed E-state index contributed by atoms with van der Waals surface area (Å²) in [4.78, 5) is 0. The molecule has 1 heterocycles. The first-order valence-corrected chi connectivity index (χ1v) is 4.57. The molecule has 0 aliphatic carbocycles. The van der Waals surface area contributed by atoms with Crippen molar-refractivity contribution >= 4 is 24.8 Å². The molecular weight excluding hydrogens is 227 g/mol. The first-order chi connectivity index (χ1) is 6.00. The van der Waals surface area contributed by atoms with E-state index in [1.807, 2.05) is 0 Å². The molecular formula is C8H20Cl2N2O2. The molecule has 0 unspecified atom stereocenters. The van der Waals surface area contributed by atoms with Gasteiger partial charge in [-0.05, 0) is 0 Å². The van der Waals surface area contributed by atoms with E-state index >= 15 is 0 Å². The van der Waals surface area contributed by atoms with Gasteiger partial charge >= 0.3 is 0 Å². The fraction of sp³-hybridized carbons (Fsp3) is 1.00. The predicted octanol–water partition coefficient (Wildman–Crippen LogP) is 0.0560. The monoisotopic (exact) mass is 246 g/mol. The Balaban J connectivity index is 0. The van der Waals surface area contributed by atoms with E-state index in [1.165, 1.54) is 0 Å². The van der Waals surface area contributed by atoms with Crippen LogP contribution in [0.3, 0.4) is 0 Å². The summed E-state index contributed by atoms with van der Waals surface area (Å²) < 4.78 is 10.7. The van der Waals surface area contributed by atoms with Gasteiger partial charge in [-0.2, -0.15) is 0 Å². The number of hydrogen-bond acceptors (Lipinski definition) is 4. The molecule has 1 rings (SSSR count). The number of ether oxygens (including phenoxy) is 2. The quantitative estimate of drug-likeness (QED) is 0.635. The predicted molar refractivity (Wildman–Crippen MR) is 61.9 cm³/mol. The van der Waals surface area contributed by atoms with Crippen molar-refractivity contribution in [3.8, 4) is 0 Å². The number of nitrogens with one attached hydrogen (secondary N) is 2. The molecule has 1 saturated heterocycles. The molecule has 1 fully saturated rings. The van der Waals surface area contributed by atoms with Crippen LogP contribution in [0.25, 0.3) is 0 Å². The Labute approximate surface area is 97.9 Å². The summed E-state index contributed by atoms with van der Waals surface area (Å²) in [5.74, 6) is 0. The van der Waals surface area contributed by atoms with Gasteiger partial charge in [-0.1, -0.05) is 0 Å². The van der Waals surface area contributed by atoms with Gasteiger partial charge < -0.3 is 20.1 Å². The molecule has 0 amide bonds. The van der Waals surface area contributed by atoms with Gasteiger partial charge in [0.1, 0.15) is 0 Å². The lowest BCUT2D eigenvalue weighted by Crippen LogP contribution is -2.30. The van der Waals surface area contributed by atoms with E-state index in [9.17, 15) is 0 Å². The van der Waals surface area contributed by atoms with Crippen molar-refractivity contribution in [3.05, 3.63) is 0 Å². The molecule has 1 aliphatic heterocycles. The van der Waals surface area contributed by atoms with Crippen molar-refractivity contribution in [1.29, 1.82) is 0 Å². The van der Waals surface area contributed by atoms with E-state index in [4.69, 9.17) is 9.47 Å². The minimum Gasteiger partial charge on any atom is -0.379 e. The van der Waals surface area contributed by atoms with Gasteiger partial charge in [0.25, 0.3) is 0 Å². The summed E-state index contributed by atoms with van der Waals surface area (Å²) >= 11 is 0. The maximum Gasteiger partial charge on any atom is 0.0591 e. The van der Waals surface area contributed by atoms with Gasteiger partial charge in [0, 0.05) is 26.2 Å². The van der Waals surface area contributed by atoms with Crippen LogP contribution in [0.5, 0.6) is 0 Å². The fourth-order valence-corrected chi connectivity index (χ4v) is 1.03. The summed E-state index contributed by atoms with van der Waals surface area (Å²) in [6.45, 7) is 6.85. The number of hydrogen-bond donors (Lipinski definition) is 2. The minimum atomic E-state index is 0. The van der Waals surface area contributed by atoms with Crippen molar-refractivity contribution in [1.82, 2.24) is 10.6 Å². The Bertz CT molecular complexity index is 66.3. The smallest absolute Gasteiger partial charge is 0.0591 e. The Morgan fingerprint density at radius 2 is 0.857 bits per heavy atom. The average Bonchev–Trinajstić information content (AvgIpc) is 2.05. The third-order valence-corrected chi connectivity index (χ3v) is 1.69. The van der Waals surface area contributed by atoms with Crippen LogP contribution >= 0.6 is 24.8 Å². The zero-order chi connectivity index (χ0) is 8.49. The molecule has 2 N–H and O–H groups in total. The summed E-state index contributed by atoms with van der Waals surface area (Å²) in [5, 5.41) is 6.47. The molecule has 0 aromatic heterocycles. The molecule has 0 spiro atoms. The summed E-state index contributed by atoms with van der Waals surface area (Å²) in [5.41, 5.74) is 0. The third kappa shape index (κ3) is 10.5. The summed E-state index contributed by atoms with van der Waals surface area (Å²) in [7, 11) is 0. The van der Waals surface area contributed by atoms with E-state index in [0.717, 1.165) is 52.6 Å². The lowest BCUT2D eigenvalue weighted by atomic mass is 10.5. The summed E-state index contributed by atoms with van der Waals surface area (Å²) in [6.07, 6.45) is 0. The maximum atomic E-state index is 5.34. The van der Waals surface area contributed by atoms with Crippen LogP contribution in [-0.4, -0.2) is 52.6 Å². The van der Waals surface area contributed by atoms with Crippen molar-refractivity contribution in [2.75, 3.05) is 52.6 Å². The number of halogens is 2. The van der Waals surface area contributed by atoms with Crippen LogP contribution in [0.15, 0.2) is 0 Å². The van der Waals surface area contributed by atoms with Crippen LogP contribution in [0.4, 0.5) is 0 Å². The molecule has 0 aromatic carbocycles. The summed E-state index contributed by atoms with van der Waals surface area (Å²) in [6, 6.07) is 0. The van der Waals surface area contributed by atoms with E-state index < -0.39 is 0 Å². The molecule has 4 nitrogen and oxygen atoms in total. The standard InChI is InChI=1S/C8H18N2O2.2ClH/c1-5-11-7-3-10-4-8-12-6-2-9-1;;/h9-10H,1-8H2;2*1H. The molecule has 88 valence electrons. The zero-order valence-electron chi connectivity index (χ0n) is 8.29. The second-order valence-electron chi connectivity index (χ2n) is 2.72. The highest BCUT2D eigenvalue weighted by atomic mass is 35.5. The lowest BCUT2D eigenvalue weighted by Gasteiger charge is -2.10. The first kappa shape index (κ1) is 16.8.